The molecule has 8 aromatic carbocycles. The Hall–Kier alpha value is -9.46. The molecule has 0 spiro atoms. The summed E-state index contributed by atoms with van der Waals surface area (Å²) in [6.45, 7) is 73.7. The fraction of sp³-hybridized carbons (Fsp3) is 0.505. The first-order valence-electron chi connectivity index (χ1n) is 47.7. The summed E-state index contributed by atoms with van der Waals surface area (Å²) >= 11 is 0. The Balaban J connectivity index is -0.000000119. The van der Waals surface area contributed by atoms with Crippen molar-refractivity contribution in [3.63, 3.8) is 0 Å². The number of unbranched alkanes of at least 4 members (excludes halogenated alkanes) is 1. The number of amides is 6. The zero-order chi connectivity index (χ0) is 96.2. The van der Waals surface area contributed by atoms with Crippen LogP contribution in [0.5, 0.6) is 0 Å². The minimum atomic E-state index is -0.0570. The number of nitrogens with two attached hydrogens (primary N) is 1. The van der Waals surface area contributed by atoms with Gasteiger partial charge in [-0.25, -0.2) is 0 Å². The topological polar surface area (TPSA) is 201 Å². The molecule has 4 unspecified atom stereocenters. The molecule has 0 fully saturated rings. The van der Waals surface area contributed by atoms with Crippen molar-refractivity contribution in [2.75, 3.05) is 45.8 Å². The normalized spacial score (nSPS) is 9.41. The van der Waals surface area contributed by atoms with Crippen LogP contribution in [0, 0.1) is 0 Å². The second-order valence-corrected chi connectivity index (χ2v) is 22.1. The van der Waals surface area contributed by atoms with Crippen LogP contribution in [-0.4, -0.2) is 81.3 Å². The first kappa shape index (κ1) is 139. The maximum absolute atomic E-state index is 12.2. The van der Waals surface area contributed by atoms with Crippen LogP contribution >= 0.6 is 0 Å². The predicted molar refractivity (Wildman–Crippen MR) is 547 cm³/mol. The van der Waals surface area contributed by atoms with Gasteiger partial charge in [0.15, 0.2) is 0 Å². The Morgan fingerprint density at radius 1 is 0.230 bits per heavy atom. The lowest BCUT2D eigenvalue weighted by molar-refractivity contribution is -0.119. The Bertz CT molecular complexity index is 3020. The Morgan fingerprint density at radius 2 is 0.385 bits per heavy atom. The molecular formula is C109H189N7O6. The summed E-state index contributed by atoms with van der Waals surface area (Å²) in [5, 5.41) is 17.8. The molecular weight excluding hydrogens is 1500 g/mol. The number of hydrogen-bond donors (Lipinski definition) is 7. The number of carbonyl (C=O) groups is 6. The zero-order valence-electron chi connectivity index (χ0n) is 84.7. The summed E-state index contributed by atoms with van der Waals surface area (Å²) in [6, 6.07) is 78.2. The van der Waals surface area contributed by atoms with Gasteiger partial charge in [0.2, 0.25) is 11.8 Å². The molecule has 0 saturated heterocycles. The lowest BCUT2D eigenvalue weighted by Crippen LogP contribution is -2.29. The molecule has 8 rings (SSSR count). The van der Waals surface area contributed by atoms with E-state index in [0.29, 0.717) is 74.3 Å². The molecule has 6 amide bonds. The van der Waals surface area contributed by atoms with Gasteiger partial charge in [-0.2, -0.15) is 0 Å². The SMILES string of the molecule is CC.CC.CC.CC.CC.CC.CC.CC.CC.CC.CC.CC.CC.CC.CC.CC.CC(=O)NCCCC(CNC(=O)c1ccccc1)c1ccccc1.CC(=O)NCCCC(CNC(=O)c1ccccc1)c1ccccc1.CCCCC(CNC(=O)c1ccccc1)c1ccccc1.NCCCC(CNC(=O)c1ccccc1)c1ccccc1. The quantitative estimate of drug-likeness (QED) is 0.0217. The highest BCUT2D eigenvalue weighted by Gasteiger charge is 2.18. The largest absolute Gasteiger partial charge is 0.356 e. The van der Waals surface area contributed by atoms with Crippen LogP contribution in [-0.2, 0) is 9.59 Å². The van der Waals surface area contributed by atoms with Crippen molar-refractivity contribution < 1.29 is 28.8 Å². The van der Waals surface area contributed by atoms with Crippen LogP contribution in [0.1, 0.15) is 387 Å². The van der Waals surface area contributed by atoms with E-state index in [9.17, 15) is 28.8 Å². The van der Waals surface area contributed by atoms with Crippen molar-refractivity contribution in [1.29, 1.82) is 0 Å². The van der Waals surface area contributed by atoms with Crippen molar-refractivity contribution in [2.45, 2.75) is 324 Å². The summed E-state index contributed by atoms with van der Waals surface area (Å²) in [7, 11) is 0. The van der Waals surface area contributed by atoms with Crippen molar-refractivity contribution in [3.8, 4) is 0 Å². The third kappa shape index (κ3) is 80.3. The lowest BCUT2D eigenvalue weighted by Gasteiger charge is -2.18. The summed E-state index contributed by atoms with van der Waals surface area (Å²) in [5.74, 6) is 1.00. The molecule has 8 aromatic rings. The first-order valence-corrected chi connectivity index (χ1v) is 47.7. The lowest BCUT2D eigenvalue weighted by atomic mass is 9.93. The van der Waals surface area contributed by atoms with Crippen molar-refractivity contribution in [3.05, 3.63) is 287 Å². The third-order valence-corrected chi connectivity index (χ3v) is 15.1. The molecule has 0 aliphatic carbocycles. The van der Waals surface area contributed by atoms with Gasteiger partial charge in [-0.3, -0.25) is 28.8 Å². The molecule has 8 N–H and O–H groups in total. The molecule has 0 bridgehead atoms. The first-order chi connectivity index (χ1) is 59.9. The van der Waals surface area contributed by atoms with E-state index in [-0.39, 0.29) is 47.3 Å². The van der Waals surface area contributed by atoms with E-state index in [1.54, 1.807) is 0 Å². The Morgan fingerprint density at radius 3 is 0.541 bits per heavy atom. The van der Waals surface area contributed by atoms with Gasteiger partial charge >= 0.3 is 0 Å². The summed E-state index contributed by atoms with van der Waals surface area (Å²) < 4.78 is 0. The highest BCUT2D eigenvalue weighted by atomic mass is 16.2. The van der Waals surface area contributed by atoms with E-state index in [1.807, 2.05) is 404 Å². The summed E-state index contributed by atoms with van der Waals surface area (Å²) in [6.07, 6.45) is 8.96. The van der Waals surface area contributed by atoms with Gasteiger partial charge in [-0.05, 0) is 122 Å². The molecule has 0 aliphatic rings. The molecule has 13 heteroatoms. The maximum atomic E-state index is 12.2. The number of carbonyl (C=O) groups excluding carboxylic acids is 6. The highest BCUT2D eigenvalue weighted by Crippen LogP contribution is 2.24. The average Bonchev–Trinajstić information content (AvgIpc) is 0.893. The third-order valence-electron chi connectivity index (χ3n) is 15.1. The summed E-state index contributed by atoms with van der Waals surface area (Å²) in [5.41, 5.74) is 13.3. The smallest absolute Gasteiger partial charge is 0.251 e. The average molecular weight is 1690 g/mol. The van der Waals surface area contributed by atoms with Crippen LogP contribution in [0.25, 0.3) is 0 Å². The van der Waals surface area contributed by atoms with Gasteiger partial charge in [-0.15, -0.1) is 0 Å². The molecule has 0 aliphatic heterocycles. The van der Waals surface area contributed by atoms with Gasteiger partial charge in [0.05, 0.1) is 0 Å². The molecule has 4 atom stereocenters. The standard InChI is InChI=1S/2C20H24N2O2.C19H23NO.C18H22N2O.16C2H6/c2*1-16(23)21-14-8-13-19(17-9-4-2-5-10-17)15-22-20(24)18-11-6-3-7-12-18;1-2-3-10-18(16-11-6-4-7-12-16)15-20-19(21)17-13-8-5-9-14-17;19-13-7-12-17(15-8-3-1-4-9-15)14-20-18(21)16-10-5-2-6-11-16;16*1-2/h2*2-7,9-12,19H,8,13-15H2,1H3,(H,21,23)(H,22,24);4-9,11-14,18H,2-3,10,15H2,1H3,(H,20,21);1-6,8-11,17H,7,12-14,19H2,(H,20,21);16*1-2H3. The van der Waals surface area contributed by atoms with E-state index >= 15 is 0 Å². The molecule has 0 saturated carbocycles. The highest BCUT2D eigenvalue weighted by molar-refractivity contribution is 5.95. The molecule has 0 heterocycles. The maximum Gasteiger partial charge on any atom is 0.251 e. The molecule has 122 heavy (non-hydrogen) atoms. The van der Waals surface area contributed by atoms with Gasteiger partial charge < -0.3 is 37.6 Å². The van der Waals surface area contributed by atoms with Crippen molar-refractivity contribution in [2.24, 2.45) is 5.73 Å². The van der Waals surface area contributed by atoms with E-state index in [0.717, 1.165) is 50.5 Å². The minimum Gasteiger partial charge on any atom is -0.356 e. The fourth-order valence-electron chi connectivity index (χ4n) is 10.1. The van der Waals surface area contributed by atoms with E-state index < -0.39 is 0 Å². The van der Waals surface area contributed by atoms with E-state index in [2.05, 4.69) is 99.5 Å². The Labute approximate surface area is 754 Å². The monoisotopic (exact) mass is 1690 g/mol. The minimum absolute atomic E-state index is 0.00743. The second kappa shape index (κ2) is 120. The van der Waals surface area contributed by atoms with E-state index in [4.69, 9.17) is 5.73 Å². The molecule has 696 valence electrons. The van der Waals surface area contributed by atoms with Gasteiger partial charge in [0.1, 0.15) is 0 Å². The molecule has 13 nitrogen and oxygen atoms in total. The second-order valence-electron chi connectivity index (χ2n) is 22.1. The van der Waals surface area contributed by atoms with Crippen LogP contribution in [0.2, 0.25) is 0 Å². The van der Waals surface area contributed by atoms with E-state index in [1.165, 1.54) is 48.9 Å². The van der Waals surface area contributed by atoms with Gasteiger partial charge in [0.25, 0.3) is 23.6 Å². The molecule has 0 radical (unpaired) electrons. The van der Waals surface area contributed by atoms with Crippen LogP contribution < -0.4 is 37.6 Å². The zero-order valence-corrected chi connectivity index (χ0v) is 84.7. The molecule has 0 aromatic heterocycles. The van der Waals surface area contributed by atoms with Crippen molar-refractivity contribution >= 4 is 35.4 Å². The predicted octanol–water partition coefficient (Wildman–Crippen LogP) is 30.0. The van der Waals surface area contributed by atoms with Crippen LogP contribution in [0.4, 0.5) is 0 Å². The fourth-order valence-corrected chi connectivity index (χ4v) is 10.1. The van der Waals surface area contributed by atoms with Crippen LogP contribution in [0.3, 0.4) is 0 Å². The number of benzene rings is 8. The van der Waals surface area contributed by atoms with Crippen molar-refractivity contribution in [1.82, 2.24) is 31.9 Å². The number of hydrogen-bond acceptors (Lipinski definition) is 7. The number of rotatable bonds is 30. The summed E-state index contributed by atoms with van der Waals surface area (Å²) in [4.78, 5) is 70.6. The Kier molecular flexibility index (Phi) is 136. The van der Waals surface area contributed by atoms with Crippen LogP contribution in [0.15, 0.2) is 243 Å². The van der Waals surface area contributed by atoms with Gasteiger partial charge in [0, 0.05) is 99.0 Å². The number of nitrogens with one attached hydrogen (secondary N) is 6. The van der Waals surface area contributed by atoms with Gasteiger partial charge in [-0.1, -0.05) is 435 Å².